The van der Waals surface area contributed by atoms with Crippen molar-refractivity contribution in [2.24, 2.45) is 0 Å². The highest BCUT2D eigenvalue weighted by molar-refractivity contribution is 5.72. The van der Waals surface area contributed by atoms with E-state index >= 15 is 0 Å². The summed E-state index contributed by atoms with van der Waals surface area (Å²) >= 11 is 0. The van der Waals surface area contributed by atoms with Gasteiger partial charge in [-0.15, -0.1) is 0 Å². The van der Waals surface area contributed by atoms with Gasteiger partial charge in [0.25, 0.3) is 0 Å². The van der Waals surface area contributed by atoms with E-state index in [2.05, 4.69) is 5.10 Å². The van der Waals surface area contributed by atoms with Gasteiger partial charge in [0.05, 0.1) is 12.3 Å². The Kier molecular flexibility index (Phi) is 3.79. The average molecular weight is 260 g/mol. The van der Waals surface area contributed by atoms with E-state index in [1.54, 1.807) is 0 Å². The van der Waals surface area contributed by atoms with Gasteiger partial charge in [-0.3, -0.25) is 4.68 Å². The van der Waals surface area contributed by atoms with Crippen LogP contribution in [0.3, 0.4) is 0 Å². The van der Waals surface area contributed by atoms with Crippen molar-refractivity contribution < 1.29 is 9.84 Å². The first-order valence-electron chi connectivity index (χ1n) is 6.56. The molecule has 19 heavy (non-hydrogen) atoms. The summed E-state index contributed by atoms with van der Waals surface area (Å²) in [7, 11) is 0. The van der Waals surface area contributed by atoms with Gasteiger partial charge >= 0.3 is 0 Å². The van der Waals surface area contributed by atoms with Gasteiger partial charge in [0.1, 0.15) is 11.4 Å². The van der Waals surface area contributed by atoms with Gasteiger partial charge in [-0.25, -0.2) is 0 Å². The van der Waals surface area contributed by atoms with Crippen LogP contribution in [-0.4, -0.2) is 21.5 Å². The molecule has 2 rings (SSSR count). The SMILES string of the molecule is CCOc1ccccc1-c1nn(C(C)C)c(C)c1O. The van der Waals surface area contributed by atoms with Crippen LogP contribution in [0.5, 0.6) is 11.5 Å². The Morgan fingerprint density at radius 3 is 2.58 bits per heavy atom. The first-order chi connectivity index (χ1) is 9.06. The van der Waals surface area contributed by atoms with E-state index in [4.69, 9.17) is 4.74 Å². The predicted octanol–water partition coefficient (Wildman–Crippen LogP) is 3.54. The van der Waals surface area contributed by atoms with Crippen LogP contribution in [0.15, 0.2) is 24.3 Å². The van der Waals surface area contributed by atoms with Crippen LogP contribution in [0.25, 0.3) is 11.3 Å². The fraction of sp³-hybridized carbons (Fsp3) is 0.400. The number of nitrogens with zero attached hydrogens (tertiary/aromatic N) is 2. The lowest BCUT2D eigenvalue weighted by molar-refractivity contribution is 0.341. The predicted molar refractivity (Wildman–Crippen MR) is 75.6 cm³/mol. The summed E-state index contributed by atoms with van der Waals surface area (Å²) < 4.78 is 7.42. The molecule has 102 valence electrons. The fourth-order valence-corrected chi connectivity index (χ4v) is 2.14. The molecule has 0 atom stereocenters. The quantitative estimate of drug-likeness (QED) is 0.914. The highest BCUT2D eigenvalue weighted by Gasteiger charge is 2.19. The number of para-hydroxylation sites is 1. The minimum Gasteiger partial charge on any atom is -0.504 e. The zero-order chi connectivity index (χ0) is 14.0. The molecule has 1 N–H and O–H groups in total. The average Bonchev–Trinajstić information content (AvgIpc) is 2.68. The third-order valence-corrected chi connectivity index (χ3v) is 3.05. The van der Waals surface area contributed by atoms with Crippen molar-refractivity contribution in [1.29, 1.82) is 0 Å². The van der Waals surface area contributed by atoms with Crippen molar-refractivity contribution in [3.05, 3.63) is 30.0 Å². The lowest BCUT2D eigenvalue weighted by atomic mass is 10.1. The number of ether oxygens (including phenoxy) is 1. The molecule has 0 spiro atoms. The molecule has 0 unspecified atom stereocenters. The zero-order valence-electron chi connectivity index (χ0n) is 11.8. The maximum absolute atomic E-state index is 10.3. The van der Waals surface area contributed by atoms with Crippen molar-refractivity contribution in [2.45, 2.75) is 33.7 Å². The van der Waals surface area contributed by atoms with Gasteiger partial charge in [-0.2, -0.15) is 5.10 Å². The van der Waals surface area contributed by atoms with E-state index in [0.29, 0.717) is 12.3 Å². The largest absolute Gasteiger partial charge is 0.504 e. The van der Waals surface area contributed by atoms with E-state index in [-0.39, 0.29) is 11.8 Å². The fourth-order valence-electron chi connectivity index (χ4n) is 2.14. The summed E-state index contributed by atoms with van der Waals surface area (Å²) in [4.78, 5) is 0. The lowest BCUT2D eigenvalue weighted by Gasteiger charge is -2.08. The molecule has 0 bridgehead atoms. The molecule has 1 aromatic carbocycles. The smallest absolute Gasteiger partial charge is 0.164 e. The highest BCUT2D eigenvalue weighted by Crippen LogP contribution is 2.37. The number of rotatable bonds is 4. The number of aromatic hydroxyl groups is 1. The second kappa shape index (κ2) is 5.34. The molecule has 0 radical (unpaired) electrons. The molecule has 1 aromatic heterocycles. The third-order valence-electron chi connectivity index (χ3n) is 3.05. The van der Waals surface area contributed by atoms with Crippen molar-refractivity contribution in [3.8, 4) is 22.8 Å². The summed E-state index contributed by atoms with van der Waals surface area (Å²) in [6.45, 7) is 8.47. The number of hydrogen-bond acceptors (Lipinski definition) is 3. The Labute approximate surface area is 113 Å². The van der Waals surface area contributed by atoms with Gasteiger partial charge in [0.2, 0.25) is 0 Å². The molecule has 0 amide bonds. The topological polar surface area (TPSA) is 47.3 Å². The minimum atomic E-state index is 0.207. The second-order valence-corrected chi connectivity index (χ2v) is 4.75. The molecular weight excluding hydrogens is 240 g/mol. The standard InChI is InChI=1S/C15H20N2O2/c1-5-19-13-9-7-6-8-12(13)14-15(18)11(4)17(16-14)10(2)3/h6-10,18H,5H2,1-4H3. The zero-order valence-corrected chi connectivity index (χ0v) is 11.8. The highest BCUT2D eigenvalue weighted by atomic mass is 16.5. The van der Waals surface area contributed by atoms with Crippen molar-refractivity contribution in [2.75, 3.05) is 6.61 Å². The van der Waals surface area contributed by atoms with E-state index in [0.717, 1.165) is 17.0 Å². The van der Waals surface area contributed by atoms with E-state index in [9.17, 15) is 5.11 Å². The minimum absolute atomic E-state index is 0.207. The first kappa shape index (κ1) is 13.5. The maximum Gasteiger partial charge on any atom is 0.164 e. The van der Waals surface area contributed by atoms with Crippen LogP contribution >= 0.6 is 0 Å². The third kappa shape index (κ3) is 2.43. The number of aromatic nitrogens is 2. The van der Waals surface area contributed by atoms with Gasteiger partial charge in [0.15, 0.2) is 5.75 Å². The number of hydrogen-bond donors (Lipinski definition) is 1. The number of benzene rings is 1. The molecule has 1 heterocycles. The van der Waals surface area contributed by atoms with Crippen LogP contribution in [0.2, 0.25) is 0 Å². The Morgan fingerprint density at radius 2 is 2.00 bits per heavy atom. The maximum atomic E-state index is 10.3. The van der Waals surface area contributed by atoms with Crippen LogP contribution in [0.1, 0.15) is 32.5 Å². The van der Waals surface area contributed by atoms with Crippen LogP contribution < -0.4 is 4.74 Å². The summed E-state index contributed by atoms with van der Waals surface area (Å²) in [5.74, 6) is 0.967. The van der Waals surface area contributed by atoms with Crippen molar-refractivity contribution in [1.82, 2.24) is 9.78 Å². The second-order valence-electron chi connectivity index (χ2n) is 4.75. The van der Waals surface area contributed by atoms with Gasteiger partial charge in [-0.1, -0.05) is 12.1 Å². The molecule has 4 heteroatoms. The monoisotopic (exact) mass is 260 g/mol. The summed E-state index contributed by atoms with van der Waals surface area (Å²) in [6.07, 6.45) is 0. The van der Waals surface area contributed by atoms with Crippen LogP contribution in [-0.2, 0) is 0 Å². The molecule has 0 saturated carbocycles. The van der Waals surface area contributed by atoms with E-state index < -0.39 is 0 Å². The van der Waals surface area contributed by atoms with Gasteiger partial charge < -0.3 is 9.84 Å². The molecule has 0 fully saturated rings. The molecule has 0 aliphatic heterocycles. The van der Waals surface area contributed by atoms with E-state index in [1.165, 1.54) is 0 Å². The molecule has 0 aliphatic rings. The van der Waals surface area contributed by atoms with E-state index in [1.807, 2.05) is 56.6 Å². The van der Waals surface area contributed by atoms with Crippen LogP contribution in [0, 0.1) is 6.92 Å². The molecule has 0 aliphatic carbocycles. The summed E-state index contributed by atoms with van der Waals surface area (Å²) in [5.41, 5.74) is 2.18. The Bertz CT molecular complexity index is 574. The van der Waals surface area contributed by atoms with Crippen LogP contribution in [0.4, 0.5) is 0 Å². The summed E-state index contributed by atoms with van der Waals surface area (Å²) in [5, 5.41) is 14.8. The van der Waals surface area contributed by atoms with Crippen molar-refractivity contribution in [3.63, 3.8) is 0 Å². The molecule has 4 nitrogen and oxygen atoms in total. The van der Waals surface area contributed by atoms with Gasteiger partial charge in [0, 0.05) is 11.6 Å². The first-order valence-corrected chi connectivity index (χ1v) is 6.56. The molecular formula is C15H20N2O2. The Balaban J connectivity index is 2.56. The lowest BCUT2D eigenvalue weighted by Crippen LogP contribution is -2.04. The molecule has 0 saturated heterocycles. The van der Waals surface area contributed by atoms with Gasteiger partial charge in [-0.05, 0) is 39.8 Å². The van der Waals surface area contributed by atoms with Crippen molar-refractivity contribution >= 4 is 0 Å². The summed E-state index contributed by atoms with van der Waals surface area (Å²) in [6, 6.07) is 7.84. The Morgan fingerprint density at radius 1 is 1.32 bits per heavy atom. The molecule has 2 aromatic rings. The normalized spacial score (nSPS) is 11.0. The Hall–Kier alpha value is -1.97.